The second-order valence-electron chi connectivity index (χ2n) is 10.5. The molecule has 0 aliphatic carbocycles. The van der Waals surface area contributed by atoms with Crippen LogP contribution in [0, 0.1) is 35.3 Å². The highest BCUT2D eigenvalue weighted by Crippen LogP contribution is 2.40. The van der Waals surface area contributed by atoms with E-state index in [0.717, 1.165) is 18.8 Å². The molecule has 0 N–H and O–H groups in total. The molecular weight excluding hydrogens is 433 g/mol. The summed E-state index contributed by atoms with van der Waals surface area (Å²) in [6.45, 7) is 20.9. The van der Waals surface area contributed by atoms with Gasteiger partial charge in [0.05, 0.1) is 0 Å². The fourth-order valence-corrected chi connectivity index (χ4v) is 4.47. The van der Waals surface area contributed by atoms with E-state index in [1.165, 1.54) is 19.3 Å². The average molecular weight is 477 g/mol. The summed E-state index contributed by atoms with van der Waals surface area (Å²) in [5.74, 6) is -1.14. The van der Waals surface area contributed by atoms with Crippen LogP contribution in [0.15, 0.2) is 42.0 Å². The molecule has 2 rings (SSSR count). The average Bonchev–Trinajstić information content (AvgIpc) is 2.82. The molecule has 0 saturated heterocycles. The summed E-state index contributed by atoms with van der Waals surface area (Å²) < 4.78 is 50.2. The Hall–Kier alpha value is -1.97. The van der Waals surface area contributed by atoms with Crippen molar-refractivity contribution in [3.05, 3.63) is 64.7 Å². The molecule has 1 aliphatic heterocycles. The van der Waals surface area contributed by atoms with Crippen molar-refractivity contribution in [2.45, 2.75) is 92.9 Å². The molecule has 1 nitrogen and oxygen atoms in total. The van der Waals surface area contributed by atoms with Crippen LogP contribution in [0.25, 0.3) is 0 Å². The minimum Gasteiger partial charge on any atom is -0.450 e. The third-order valence-corrected chi connectivity index (χ3v) is 7.68. The molecule has 0 amide bonds. The predicted molar refractivity (Wildman–Crippen MR) is 137 cm³/mol. The Labute approximate surface area is 205 Å². The van der Waals surface area contributed by atoms with Gasteiger partial charge in [0.1, 0.15) is 0 Å². The molecule has 4 atom stereocenters. The molecule has 0 fully saturated rings. The number of ether oxygens (including phenoxy) is 1. The highest BCUT2D eigenvalue weighted by atomic mass is 19.2. The second-order valence-corrected chi connectivity index (χ2v) is 10.5. The zero-order valence-electron chi connectivity index (χ0n) is 22.0. The normalized spacial score (nSPS) is 18.6. The van der Waals surface area contributed by atoms with Crippen molar-refractivity contribution in [2.24, 2.45) is 23.7 Å². The maximum absolute atomic E-state index is 15.4. The zero-order chi connectivity index (χ0) is 25.6. The van der Waals surface area contributed by atoms with Crippen LogP contribution in [0.5, 0.6) is 5.75 Å². The summed E-state index contributed by atoms with van der Waals surface area (Å²) in [5, 5.41) is 0. The molecule has 190 valence electrons. The van der Waals surface area contributed by atoms with Gasteiger partial charge in [0.25, 0.3) is 0 Å². The number of aryl methyl sites for hydroxylation is 1. The van der Waals surface area contributed by atoms with Gasteiger partial charge >= 0.3 is 0 Å². The zero-order valence-corrected chi connectivity index (χ0v) is 22.0. The summed E-state index contributed by atoms with van der Waals surface area (Å²) >= 11 is 0. The van der Waals surface area contributed by atoms with E-state index in [1.54, 1.807) is 6.07 Å². The van der Waals surface area contributed by atoms with Gasteiger partial charge in [-0.3, -0.25) is 0 Å². The monoisotopic (exact) mass is 476 g/mol. The highest BCUT2D eigenvalue weighted by molar-refractivity contribution is 5.51. The van der Waals surface area contributed by atoms with Crippen molar-refractivity contribution in [1.29, 1.82) is 0 Å². The van der Waals surface area contributed by atoms with Gasteiger partial charge in [0, 0.05) is 12.0 Å². The van der Waals surface area contributed by atoms with Gasteiger partial charge in [-0.2, -0.15) is 4.39 Å². The van der Waals surface area contributed by atoms with Crippen molar-refractivity contribution in [3.63, 3.8) is 0 Å². The first-order chi connectivity index (χ1) is 16.0. The van der Waals surface area contributed by atoms with Gasteiger partial charge in [0.15, 0.2) is 23.2 Å². The third-order valence-electron chi connectivity index (χ3n) is 7.68. The molecule has 0 spiro atoms. The van der Waals surface area contributed by atoms with Crippen LogP contribution in [0.3, 0.4) is 0 Å². The predicted octanol–water partition coefficient (Wildman–Crippen LogP) is 9.66. The molecule has 1 aliphatic rings. The van der Waals surface area contributed by atoms with Crippen LogP contribution in [0.2, 0.25) is 0 Å². The second kappa shape index (κ2) is 12.7. The van der Waals surface area contributed by atoms with E-state index in [-0.39, 0.29) is 23.8 Å². The Balaban J connectivity index is 2.09. The van der Waals surface area contributed by atoms with Crippen LogP contribution < -0.4 is 4.74 Å². The number of benzene rings is 1. The van der Waals surface area contributed by atoms with Crippen molar-refractivity contribution in [3.8, 4) is 5.75 Å². The number of fused-ring (bicyclic) bond motifs is 1. The van der Waals surface area contributed by atoms with E-state index in [4.69, 9.17) is 4.74 Å². The lowest BCUT2D eigenvalue weighted by molar-refractivity contribution is 0.299. The Kier molecular flexibility index (Phi) is 10.5. The van der Waals surface area contributed by atoms with Crippen molar-refractivity contribution < 1.29 is 17.9 Å². The number of hydrogen-bond acceptors (Lipinski definition) is 1. The van der Waals surface area contributed by atoms with Gasteiger partial charge in [0.2, 0.25) is 5.82 Å². The van der Waals surface area contributed by atoms with E-state index < -0.39 is 17.5 Å². The van der Waals surface area contributed by atoms with Crippen LogP contribution >= 0.6 is 0 Å². The molecule has 0 aromatic heterocycles. The Morgan fingerprint density at radius 1 is 1.00 bits per heavy atom. The van der Waals surface area contributed by atoms with Crippen LogP contribution in [0.4, 0.5) is 13.2 Å². The standard InChI is InChI=1S/C30H43F3O/c1-9-11-24-17-25-16-22(7)29(34-30(25)28(33)27(24)32)26(31)23(8)21(6)15-14-20(5)19(4)13-12-18(3)10-2/h17-21H,7-16H2,1-6H3/b29-26-. The van der Waals surface area contributed by atoms with Crippen molar-refractivity contribution in [1.82, 2.24) is 0 Å². The van der Waals surface area contributed by atoms with Gasteiger partial charge in [-0.15, -0.1) is 0 Å². The largest absolute Gasteiger partial charge is 0.450 e. The number of hydrogen-bond donors (Lipinski definition) is 0. The van der Waals surface area contributed by atoms with E-state index in [2.05, 4.69) is 40.9 Å². The highest BCUT2D eigenvalue weighted by Gasteiger charge is 2.29. The van der Waals surface area contributed by atoms with E-state index in [9.17, 15) is 8.78 Å². The van der Waals surface area contributed by atoms with Gasteiger partial charge in [-0.1, -0.05) is 80.4 Å². The molecular formula is C30H43F3O. The van der Waals surface area contributed by atoms with E-state index >= 15 is 4.39 Å². The fourth-order valence-electron chi connectivity index (χ4n) is 4.47. The van der Waals surface area contributed by atoms with Crippen LogP contribution in [-0.4, -0.2) is 0 Å². The minimum atomic E-state index is -1.06. The van der Waals surface area contributed by atoms with Crippen molar-refractivity contribution in [2.75, 3.05) is 0 Å². The molecule has 4 unspecified atom stereocenters. The van der Waals surface area contributed by atoms with E-state index in [0.29, 0.717) is 47.0 Å². The van der Waals surface area contributed by atoms with Gasteiger partial charge in [-0.05, 0) is 65.7 Å². The summed E-state index contributed by atoms with van der Waals surface area (Å²) in [7, 11) is 0. The maximum Gasteiger partial charge on any atom is 0.201 e. The smallest absolute Gasteiger partial charge is 0.201 e. The van der Waals surface area contributed by atoms with Gasteiger partial charge in [-0.25, -0.2) is 8.78 Å². The first kappa shape index (κ1) is 28.3. The van der Waals surface area contributed by atoms with Crippen LogP contribution in [-0.2, 0) is 12.8 Å². The Morgan fingerprint density at radius 3 is 2.21 bits per heavy atom. The first-order valence-corrected chi connectivity index (χ1v) is 13.0. The maximum atomic E-state index is 15.4. The van der Waals surface area contributed by atoms with Crippen LogP contribution in [0.1, 0.15) is 91.2 Å². The molecule has 1 aromatic carbocycles. The molecule has 34 heavy (non-hydrogen) atoms. The minimum absolute atomic E-state index is 0.0944. The number of allylic oxidation sites excluding steroid dienone is 3. The Morgan fingerprint density at radius 2 is 1.62 bits per heavy atom. The lowest BCUT2D eigenvalue weighted by Crippen LogP contribution is -2.16. The summed E-state index contributed by atoms with van der Waals surface area (Å²) in [6.07, 6.45) is 6.79. The fraction of sp³-hybridized carbons (Fsp3) is 0.600. The molecule has 1 aromatic rings. The topological polar surface area (TPSA) is 9.23 Å². The summed E-state index contributed by atoms with van der Waals surface area (Å²) in [5.41, 5.74) is 1.55. The lowest BCUT2D eigenvalue weighted by atomic mass is 9.83. The molecule has 1 heterocycles. The SMILES string of the molecule is C=C1Cc2cc(CCC)c(F)c(F)c2O/C1=C(\F)C(=C)C(C)CCC(C)C(C)CCC(C)CC. The lowest BCUT2D eigenvalue weighted by Gasteiger charge is -2.26. The molecule has 0 bridgehead atoms. The quantitative estimate of drug-likeness (QED) is 0.292. The number of rotatable bonds is 12. The van der Waals surface area contributed by atoms with Crippen molar-refractivity contribution >= 4 is 0 Å². The molecule has 0 saturated carbocycles. The third kappa shape index (κ3) is 6.79. The van der Waals surface area contributed by atoms with E-state index in [1.807, 2.05) is 13.8 Å². The van der Waals surface area contributed by atoms with Gasteiger partial charge < -0.3 is 4.74 Å². The number of halogens is 3. The summed E-state index contributed by atoms with van der Waals surface area (Å²) in [6, 6.07) is 1.61. The first-order valence-electron chi connectivity index (χ1n) is 13.0. The summed E-state index contributed by atoms with van der Waals surface area (Å²) in [4.78, 5) is 0. The molecule has 0 radical (unpaired) electrons. The Bertz CT molecular complexity index is 914. The molecule has 4 heteroatoms.